The zero-order valence-corrected chi connectivity index (χ0v) is 22.9. The first-order valence-electron chi connectivity index (χ1n) is 13.6. The number of aryl methyl sites for hydroxylation is 2. The summed E-state index contributed by atoms with van der Waals surface area (Å²) in [6.45, 7) is 1.07. The van der Waals surface area contributed by atoms with E-state index in [0.717, 1.165) is 24.9 Å². The van der Waals surface area contributed by atoms with E-state index in [0.29, 0.717) is 36.4 Å². The normalized spacial score (nSPS) is 20.6. The van der Waals surface area contributed by atoms with Crippen molar-refractivity contribution in [2.24, 2.45) is 0 Å². The van der Waals surface area contributed by atoms with Gasteiger partial charge in [-0.15, -0.1) is 0 Å². The van der Waals surface area contributed by atoms with Gasteiger partial charge in [-0.1, -0.05) is 18.2 Å². The Hall–Kier alpha value is -4.16. The van der Waals surface area contributed by atoms with Gasteiger partial charge < -0.3 is 25.0 Å². The second kappa shape index (κ2) is 10.7. The van der Waals surface area contributed by atoms with Crippen molar-refractivity contribution in [3.8, 4) is 5.69 Å². The smallest absolute Gasteiger partial charge is 0.280 e. The van der Waals surface area contributed by atoms with E-state index >= 15 is 0 Å². The van der Waals surface area contributed by atoms with Gasteiger partial charge in [-0.05, 0) is 73.7 Å². The number of hydroxylamine groups is 1. The first-order valence-corrected chi connectivity index (χ1v) is 13.6. The van der Waals surface area contributed by atoms with Crippen LogP contribution in [0.4, 0.5) is 11.6 Å². The van der Waals surface area contributed by atoms with E-state index in [4.69, 9.17) is 4.84 Å². The van der Waals surface area contributed by atoms with Crippen molar-refractivity contribution in [2.45, 2.75) is 37.4 Å². The molecule has 1 fully saturated rings. The van der Waals surface area contributed by atoms with E-state index in [1.165, 1.54) is 30.6 Å². The summed E-state index contributed by atoms with van der Waals surface area (Å²) in [5, 5.41) is 25.1. The number of β-amino-alcohol motifs (C(OH)–C–C–N with tert-alkyl or cyclic N) is 1. The summed E-state index contributed by atoms with van der Waals surface area (Å²) in [6, 6.07) is 13.2. The van der Waals surface area contributed by atoms with Gasteiger partial charge in [0.15, 0.2) is 5.65 Å². The summed E-state index contributed by atoms with van der Waals surface area (Å²) in [7, 11) is 3.22. The van der Waals surface area contributed by atoms with Gasteiger partial charge in [0.1, 0.15) is 11.2 Å². The largest absolute Gasteiger partial charge is 0.388 e. The third-order valence-corrected chi connectivity index (χ3v) is 8.10. The van der Waals surface area contributed by atoms with E-state index in [1.54, 1.807) is 28.8 Å². The van der Waals surface area contributed by atoms with Gasteiger partial charge in [0.25, 0.3) is 5.91 Å². The van der Waals surface area contributed by atoms with Gasteiger partial charge in [-0.2, -0.15) is 4.98 Å². The predicted octanol–water partition coefficient (Wildman–Crippen LogP) is 2.19. The number of benzene rings is 2. The van der Waals surface area contributed by atoms with Gasteiger partial charge in [-0.3, -0.25) is 14.4 Å². The van der Waals surface area contributed by atoms with Gasteiger partial charge in [-0.25, -0.2) is 10.5 Å². The Kier molecular flexibility index (Phi) is 7.04. The second-order valence-electron chi connectivity index (χ2n) is 10.8. The molecule has 2 aromatic carbocycles. The summed E-state index contributed by atoms with van der Waals surface area (Å²) in [5.41, 5.74) is 5.28. The minimum Gasteiger partial charge on any atom is -0.388 e. The van der Waals surface area contributed by atoms with Crippen LogP contribution in [0, 0.1) is 0 Å². The van der Waals surface area contributed by atoms with Crippen molar-refractivity contribution in [2.75, 3.05) is 32.6 Å². The van der Waals surface area contributed by atoms with Crippen LogP contribution >= 0.6 is 0 Å². The molecule has 0 spiro atoms. The van der Waals surface area contributed by atoms with Crippen molar-refractivity contribution >= 4 is 28.6 Å². The molecule has 1 saturated heterocycles. The molecule has 2 atom stereocenters. The number of nitrogens with one attached hydrogen (secondary N) is 2. The molecule has 0 unspecified atom stereocenters. The number of anilines is 2. The molecule has 1 aliphatic heterocycles. The van der Waals surface area contributed by atoms with E-state index < -0.39 is 23.0 Å². The highest BCUT2D eigenvalue weighted by Crippen LogP contribution is 2.34. The molecule has 0 saturated carbocycles. The number of pyridine rings is 1. The number of nitrogens with zero attached hydrogens (tertiary/aromatic N) is 4. The van der Waals surface area contributed by atoms with Crippen LogP contribution in [-0.2, 0) is 23.3 Å². The van der Waals surface area contributed by atoms with Gasteiger partial charge in [0.05, 0.1) is 18.6 Å². The second-order valence-corrected chi connectivity index (χ2v) is 10.8. The van der Waals surface area contributed by atoms with Crippen LogP contribution in [0.5, 0.6) is 0 Å². The molecule has 1 amide bonds. The maximum atomic E-state index is 13.3. The number of aliphatic hydroxyl groups excluding tert-OH is 1. The number of likely N-dealkylation sites (N-methyl/N-ethyl adjacent to an activating group) is 1. The summed E-state index contributed by atoms with van der Waals surface area (Å²) < 4.78 is 1.73. The maximum Gasteiger partial charge on any atom is 0.280 e. The SMILES string of the molecule is CONC(=O)c1cn(-c2ccc3c(c2)CCC3)c2nc(Nc3ccc([C@]4(O)CCN(C)C[C@H]4O)cc3)ncc2c1=O. The zero-order chi connectivity index (χ0) is 28.7. The van der Waals surface area contributed by atoms with Gasteiger partial charge in [0.2, 0.25) is 11.4 Å². The Morgan fingerprint density at radius 3 is 2.68 bits per heavy atom. The number of carbonyl (C=O) groups excluding carboxylic acids is 1. The number of aromatic nitrogens is 3. The molecule has 3 heterocycles. The van der Waals surface area contributed by atoms with E-state index in [-0.39, 0.29) is 16.9 Å². The minimum atomic E-state index is -1.32. The highest BCUT2D eigenvalue weighted by molar-refractivity contribution is 5.96. The molecule has 1 aliphatic carbocycles. The summed E-state index contributed by atoms with van der Waals surface area (Å²) in [5.74, 6) is -0.403. The first-order chi connectivity index (χ1) is 19.8. The number of likely N-dealkylation sites (tertiary alicyclic amines) is 1. The van der Waals surface area contributed by atoms with Gasteiger partial charge in [0, 0.05) is 36.9 Å². The summed E-state index contributed by atoms with van der Waals surface area (Å²) in [6.07, 6.45) is 5.52. The molecule has 0 radical (unpaired) electrons. The molecule has 0 bridgehead atoms. The van der Waals surface area contributed by atoms with Crippen LogP contribution in [0.2, 0.25) is 0 Å². The molecule has 2 aliphatic rings. The third-order valence-electron chi connectivity index (χ3n) is 8.10. The number of hydrogen-bond donors (Lipinski definition) is 4. The lowest BCUT2D eigenvalue weighted by Gasteiger charge is -2.41. The van der Waals surface area contributed by atoms with Gasteiger partial charge >= 0.3 is 0 Å². The third kappa shape index (κ3) is 4.97. The van der Waals surface area contributed by atoms with Crippen molar-refractivity contribution in [1.82, 2.24) is 24.9 Å². The number of piperidine rings is 1. The number of carbonyl (C=O) groups is 1. The predicted molar refractivity (Wildman–Crippen MR) is 153 cm³/mol. The fraction of sp³-hybridized carbons (Fsp3) is 0.333. The monoisotopic (exact) mass is 556 g/mol. The number of hydrogen-bond acceptors (Lipinski definition) is 9. The van der Waals surface area contributed by atoms with Crippen molar-refractivity contribution in [3.05, 3.63) is 87.3 Å². The molecule has 4 aromatic rings. The topological polar surface area (TPSA) is 142 Å². The highest BCUT2D eigenvalue weighted by Gasteiger charge is 2.41. The van der Waals surface area contributed by atoms with Crippen molar-refractivity contribution in [1.29, 1.82) is 0 Å². The van der Waals surface area contributed by atoms with Crippen LogP contribution in [0.15, 0.2) is 59.7 Å². The van der Waals surface area contributed by atoms with E-state index in [1.807, 2.05) is 18.0 Å². The molecule has 6 rings (SSSR count). The Balaban J connectivity index is 1.37. The maximum absolute atomic E-state index is 13.3. The Labute approximate surface area is 236 Å². The first kappa shape index (κ1) is 27.0. The van der Waals surface area contributed by atoms with E-state index in [2.05, 4.69) is 32.9 Å². The van der Waals surface area contributed by atoms with Crippen LogP contribution < -0.4 is 16.2 Å². The quantitative estimate of drug-likeness (QED) is 0.263. The highest BCUT2D eigenvalue weighted by atomic mass is 16.6. The van der Waals surface area contributed by atoms with Crippen LogP contribution in [0.25, 0.3) is 16.7 Å². The zero-order valence-electron chi connectivity index (χ0n) is 22.9. The molecular formula is C30H32N6O5. The van der Waals surface area contributed by atoms with E-state index in [9.17, 15) is 19.8 Å². The minimum absolute atomic E-state index is 0.0891. The number of fused-ring (bicyclic) bond motifs is 2. The molecular weight excluding hydrogens is 524 g/mol. The lowest BCUT2D eigenvalue weighted by Crippen LogP contribution is -2.52. The summed E-state index contributed by atoms with van der Waals surface area (Å²) in [4.78, 5) is 41.7. The average Bonchev–Trinajstić information content (AvgIpc) is 3.44. The average molecular weight is 557 g/mol. The number of aliphatic hydroxyl groups is 2. The fourth-order valence-corrected chi connectivity index (χ4v) is 5.76. The lowest BCUT2D eigenvalue weighted by molar-refractivity contribution is -0.120. The van der Waals surface area contributed by atoms with Crippen molar-refractivity contribution in [3.63, 3.8) is 0 Å². The fourth-order valence-electron chi connectivity index (χ4n) is 5.76. The van der Waals surface area contributed by atoms with Crippen molar-refractivity contribution < 1.29 is 19.8 Å². The molecule has 2 aromatic heterocycles. The Bertz CT molecular complexity index is 1690. The number of amides is 1. The van der Waals surface area contributed by atoms with Crippen LogP contribution in [-0.4, -0.2) is 68.9 Å². The van der Waals surface area contributed by atoms with Crippen LogP contribution in [0.1, 0.15) is 39.9 Å². The molecule has 41 heavy (non-hydrogen) atoms. The molecule has 212 valence electrons. The molecule has 4 N–H and O–H groups in total. The summed E-state index contributed by atoms with van der Waals surface area (Å²) >= 11 is 0. The lowest BCUT2D eigenvalue weighted by atomic mass is 9.82. The molecule has 11 heteroatoms. The van der Waals surface area contributed by atoms with Crippen LogP contribution in [0.3, 0.4) is 0 Å². The standard InChI is InChI=1S/C30H32N6O5/c1-35-13-12-30(40,25(37)17-35)20-7-9-21(10-8-20)32-29-31-15-23-26(38)24(28(39)34-41-2)16-36(27(23)33-29)22-11-6-18-4-3-5-19(18)14-22/h6-11,14-16,25,37,40H,3-5,12-13,17H2,1-2H3,(H,34,39)(H,31,32,33)/t25-,30-/m1/s1. The molecule has 11 nitrogen and oxygen atoms in total. The Morgan fingerprint density at radius 2 is 1.93 bits per heavy atom. The number of rotatable bonds is 6. The Morgan fingerprint density at radius 1 is 1.15 bits per heavy atom.